The van der Waals surface area contributed by atoms with Crippen LogP contribution in [0.25, 0.3) is 11.3 Å². The molecule has 0 saturated heterocycles. The van der Waals surface area contributed by atoms with Crippen molar-refractivity contribution in [1.82, 2.24) is 10.3 Å². The minimum atomic E-state index is -3.03. The van der Waals surface area contributed by atoms with Gasteiger partial charge >= 0.3 is 6.61 Å². The molecule has 2 aromatic carbocycles. The highest BCUT2D eigenvalue weighted by atomic mass is 19.3. The molecular weight excluding hydrogens is 549 g/mol. The number of alkyl halides is 2. The number of nitrogens with one attached hydrogen (secondary N) is 1. The number of hydrogen-bond acceptors (Lipinski definition) is 7. The van der Waals surface area contributed by atoms with Crippen LogP contribution in [0.15, 0.2) is 48.5 Å². The first-order valence-electron chi connectivity index (χ1n) is 14.0. The van der Waals surface area contributed by atoms with Crippen LogP contribution in [-0.4, -0.2) is 49.3 Å². The van der Waals surface area contributed by atoms with Gasteiger partial charge in [0.15, 0.2) is 17.3 Å². The van der Waals surface area contributed by atoms with Crippen molar-refractivity contribution in [3.05, 3.63) is 71.2 Å². The van der Waals surface area contributed by atoms with Crippen molar-refractivity contribution in [3.8, 4) is 28.5 Å². The number of ether oxygens (including phenoxy) is 3. The van der Waals surface area contributed by atoms with E-state index in [9.17, 15) is 23.1 Å². The molecule has 0 radical (unpaired) electrons. The minimum Gasteiger partial charge on any atom is -0.493 e. The Balaban J connectivity index is 1.41. The first-order chi connectivity index (χ1) is 20.0. The van der Waals surface area contributed by atoms with Crippen LogP contribution in [0.4, 0.5) is 13.2 Å². The van der Waals surface area contributed by atoms with E-state index in [2.05, 4.69) is 17.0 Å². The van der Waals surface area contributed by atoms with Crippen LogP contribution in [-0.2, 0) is 11.0 Å². The highest BCUT2D eigenvalue weighted by Crippen LogP contribution is 2.46. The first-order valence-corrected chi connectivity index (χ1v) is 14.0. The molecule has 1 fully saturated rings. The minimum absolute atomic E-state index is 0.00622. The van der Waals surface area contributed by atoms with E-state index in [0.717, 1.165) is 12.1 Å². The number of pyridine rings is 1. The highest BCUT2D eigenvalue weighted by molar-refractivity contribution is 5.96. The third-order valence-corrected chi connectivity index (χ3v) is 8.01. The molecule has 5 rings (SSSR count). The summed E-state index contributed by atoms with van der Waals surface area (Å²) in [6.45, 7) is 2.71. The number of aromatic nitrogens is 1. The van der Waals surface area contributed by atoms with E-state index in [1.807, 2.05) is 6.07 Å². The topological polar surface area (TPSA) is 89.9 Å². The molecule has 0 spiro atoms. The van der Waals surface area contributed by atoms with Crippen molar-refractivity contribution >= 4 is 5.78 Å². The second-order valence-corrected chi connectivity index (χ2v) is 11.6. The molecule has 1 aliphatic heterocycles. The van der Waals surface area contributed by atoms with E-state index in [1.165, 1.54) is 50.3 Å². The quantitative estimate of drug-likeness (QED) is 0.238. The van der Waals surface area contributed by atoms with Crippen molar-refractivity contribution in [2.45, 2.75) is 57.2 Å². The molecule has 2 N–H and O–H groups in total. The van der Waals surface area contributed by atoms with E-state index in [4.69, 9.17) is 14.5 Å². The standard InChI is InChI=1S/C32H35F3N2O5/c1-31(17-36-16-19-4-5-19)18-41-29-23(31)15-27(37-28(29)20-6-9-22(33)10-7-20)32(2,39)13-12-24(38)21-8-11-25(42-30(34)35)26(14-21)40-3/h6-11,14-15,19,30,36,39H,4-5,12-13,16-18H2,1-3H3/t31-,32-/m0/s1. The summed E-state index contributed by atoms with van der Waals surface area (Å²) in [7, 11) is 1.30. The zero-order valence-corrected chi connectivity index (χ0v) is 23.9. The number of nitrogens with zero attached hydrogens (tertiary/aromatic N) is 1. The molecule has 42 heavy (non-hydrogen) atoms. The third kappa shape index (κ3) is 6.55. The Hall–Kier alpha value is -3.63. The molecule has 0 unspecified atom stereocenters. The maximum absolute atomic E-state index is 13.7. The molecule has 1 aliphatic carbocycles. The summed E-state index contributed by atoms with van der Waals surface area (Å²) in [5, 5.41) is 15.2. The molecule has 0 amide bonds. The molecule has 7 nitrogen and oxygen atoms in total. The smallest absolute Gasteiger partial charge is 0.387 e. The van der Waals surface area contributed by atoms with Gasteiger partial charge in [-0.15, -0.1) is 0 Å². The number of methoxy groups -OCH3 is 1. The maximum atomic E-state index is 13.7. The number of rotatable bonds is 13. The van der Waals surface area contributed by atoms with E-state index >= 15 is 0 Å². The zero-order valence-electron chi connectivity index (χ0n) is 23.9. The molecular formula is C32H35F3N2O5. The number of hydrogen-bond donors (Lipinski definition) is 2. The predicted octanol–water partition coefficient (Wildman–Crippen LogP) is 6.02. The first kappa shape index (κ1) is 29.8. The average Bonchev–Trinajstić information content (AvgIpc) is 3.73. The Bertz CT molecular complexity index is 1440. The van der Waals surface area contributed by atoms with Gasteiger partial charge in [0.2, 0.25) is 0 Å². The number of fused-ring (bicyclic) bond motifs is 1. The van der Waals surface area contributed by atoms with Crippen LogP contribution < -0.4 is 19.5 Å². The Morgan fingerprint density at radius 1 is 1.19 bits per heavy atom. The Morgan fingerprint density at radius 3 is 2.60 bits per heavy atom. The normalized spacial score (nSPS) is 19.2. The van der Waals surface area contributed by atoms with Gasteiger partial charge in [-0.25, -0.2) is 9.37 Å². The number of carbonyl (C=O) groups excluding carboxylic acids is 1. The van der Waals surface area contributed by atoms with E-state index in [-0.39, 0.29) is 46.9 Å². The lowest BCUT2D eigenvalue weighted by Crippen LogP contribution is -2.38. The van der Waals surface area contributed by atoms with Crippen molar-refractivity contribution in [1.29, 1.82) is 0 Å². The fraction of sp³-hybridized carbons (Fsp3) is 0.438. The largest absolute Gasteiger partial charge is 0.493 e. The summed E-state index contributed by atoms with van der Waals surface area (Å²) in [6.07, 6.45) is 2.46. The van der Waals surface area contributed by atoms with Crippen LogP contribution in [0.3, 0.4) is 0 Å². The fourth-order valence-corrected chi connectivity index (χ4v) is 5.20. The molecule has 3 aromatic rings. The molecule has 2 heterocycles. The maximum Gasteiger partial charge on any atom is 0.387 e. The molecule has 2 atom stereocenters. The fourth-order valence-electron chi connectivity index (χ4n) is 5.20. The van der Waals surface area contributed by atoms with Crippen LogP contribution >= 0.6 is 0 Å². The van der Waals surface area contributed by atoms with Gasteiger partial charge < -0.3 is 24.6 Å². The lowest BCUT2D eigenvalue weighted by atomic mass is 9.82. The van der Waals surface area contributed by atoms with Crippen LogP contribution in [0.1, 0.15) is 61.1 Å². The molecule has 2 aliphatic rings. The van der Waals surface area contributed by atoms with Gasteiger partial charge in [-0.05, 0) is 87.2 Å². The number of benzene rings is 2. The zero-order chi connectivity index (χ0) is 30.1. The van der Waals surface area contributed by atoms with Gasteiger partial charge in [-0.2, -0.15) is 8.78 Å². The van der Waals surface area contributed by atoms with Crippen molar-refractivity contribution in [3.63, 3.8) is 0 Å². The lowest BCUT2D eigenvalue weighted by Gasteiger charge is -2.27. The highest BCUT2D eigenvalue weighted by Gasteiger charge is 2.41. The Labute approximate surface area is 243 Å². The van der Waals surface area contributed by atoms with Gasteiger partial charge in [-0.1, -0.05) is 6.92 Å². The number of Topliss-reactive ketones (excluding diaryl/α,β-unsaturated/α-hetero) is 1. The molecule has 0 bridgehead atoms. The van der Waals surface area contributed by atoms with Gasteiger partial charge in [-0.3, -0.25) is 4.79 Å². The van der Waals surface area contributed by atoms with Gasteiger partial charge in [0.1, 0.15) is 22.9 Å². The SMILES string of the molecule is COc1cc(C(=O)CC[C@](C)(O)c2cc3c(c(-c4ccc(F)cc4)n2)OC[C@]3(C)CNCC2CC2)ccc1OC(F)F. The third-order valence-electron chi connectivity index (χ3n) is 8.01. The van der Waals surface area contributed by atoms with Crippen LogP contribution in [0.2, 0.25) is 0 Å². The van der Waals surface area contributed by atoms with Crippen LogP contribution in [0.5, 0.6) is 17.2 Å². The van der Waals surface area contributed by atoms with Gasteiger partial charge in [0, 0.05) is 35.1 Å². The average molecular weight is 585 g/mol. The number of halogens is 3. The van der Waals surface area contributed by atoms with Crippen molar-refractivity contribution < 1.29 is 37.3 Å². The van der Waals surface area contributed by atoms with E-state index in [0.29, 0.717) is 41.8 Å². The van der Waals surface area contributed by atoms with Gasteiger partial charge in [0.05, 0.1) is 19.4 Å². The molecule has 1 saturated carbocycles. The second kappa shape index (κ2) is 11.9. The second-order valence-electron chi connectivity index (χ2n) is 11.6. The molecule has 10 heteroatoms. The summed E-state index contributed by atoms with van der Waals surface area (Å²) < 4.78 is 54.8. The Kier molecular flexibility index (Phi) is 8.48. The van der Waals surface area contributed by atoms with Crippen LogP contribution in [0, 0.1) is 11.7 Å². The summed E-state index contributed by atoms with van der Waals surface area (Å²) in [5.74, 6) is 0.456. The summed E-state index contributed by atoms with van der Waals surface area (Å²) in [4.78, 5) is 17.9. The van der Waals surface area contributed by atoms with E-state index in [1.54, 1.807) is 19.1 Å². The molecule has 1 aromatic heterocycles. The predicted molar refractivity (Wildman–Crippen MR) is 151 cm³/mol. The molecule has 224 valence electrons. The lowest BCUT2D eigenvalue weighted by molar-refractivity contribution is -0.0512. The van der Waals surface area contributed by atoms with Gasteiger partial charge in [0.25, 0.3) is 0 Å². The monoisotopic (exact) mass is 584 g/mol. The summed E-state index contributed by atoms with van der Waals surface area (Å²) >= 11 is 0. The van der Waals surface area contributed by atoms with Crippen molar-refractivity contribution in [2.75, 3.05) is 26.8 Å². The summed E-state index contributed by atoms with van der Waals surface area (Å²) in [5.41, 5.74) is 0.746. The number of ketones is 1. The van der Waals surface area contributed by atoms with Crippen molar-refractivity contribution in [2.24, 2.45) is 5.92 Å². The number of carbonyl (C=O) groups is 1. The summed E-state index contributed by atoms with van der Waals surface area (Å²) in [6, 6.07) is 11.8. The Morgan fingerprint density at radius 2 is 1.93 bits per heavy atom. The van der Waals surface area contributed by atoms with E-state index < -0.39 is 12.2 Å². The number of aliphatic hydroxyl groups is 1.